The molecular weight excluding hydrogens is 508 g/mol. The molecule has 204 valence electrons. The van der Waals surface area contributed by atoms with Crippen molar-refractivity contribution < 1.29 is 9.53 Å². The first kappa shape index (κ1) is 25.2. The third kappa shape index (κ3) is 4.75. The van der Waals surface area contributed by atoms with Gasteiger partial charge in [-0.2, -0.15) is 10.2 Å². The first-order valence-corrected chi connectivity index (χ1v) is 13.0. The second-order valence-electron chi connectivity index (χ2n) is 9.82. The molecule has 4 aromatic heterocycles. The fourth-order valence-electron chi connectivity index (χ4n) is 4.81. The quantitative estimate of drug-likeness (QED) is 0.312. The Kier molecular flexibility index (Phi) is 6.42. The Hall–Kier alpha value is -5.13. The molecule has 0 saturated carbocycles. The number of hydrogen-bond acceptors (Lipinski definition) is 9. The fraction of sp³-hybridized carbons (Fsp3) is 0.250. The van der Waals surface area contributed by atoms with Crippen molar-refractivity contribution in [3.8, 4) is 11.5 Å². The number of ether oxygens (including phenoxy) is 1. The lowest BCUT2D eigenvalue weighted by atomic mass is 10.2. The molecule has 1 saturated heterocycles. The number of carbonyl (C=O) groups is 1. The standard InChI is InChI=1S/C28H30N10O2/c1-18-14-21(4-5-24(18)40-22-6-8-37-25(15-22)30-16-32-37)34-27-26-23(7-9-38(26)33-17-31-27)35-10-12-36(13-11-35)28(39)19(2)20(3)29/h4-9,14-17H,10-13,29H2,1-3H3,(H,31,33,34)/b20-19-. The van der Waals surface area contributed by atoms with Gasteiger partial charge in [0.1, 0.15) is 29.7 Å². The van der Waals surface area contributed by atoms with Crippen LogP contribution < -0.4 is 20.7 Å². The van der Waals surface area contributed by atoms with Crippen LogP contribution in [0.25, 0.3) is 11.2 Å². The summed E-state index contributed by atoms with van der Waals surface area (Å²) in [5.74, 6) is 2.11. The van der Waals surface area contributed by atoms with Gasteiger partial charge in [-0.15, -0.1) is 0 Å². The van der Waals surface area contributed by atoms with Gasteiger partial charge in [-0.25, -0.2) is 19.0 Å². The van der Waals surface area contributed by atoms with E-state index in [-0.39, 0.29) is 5.91 Å². The smallest absolute Gasteiger partial charge is 0.251 e. The van der Waals surface area contributed by atoms with E-state index in [2.05, 4.69) is 30.4 Å². The zero-order valence-corrected chi connectivity index (χ0v) is 22.6. The van der Waals surface area contributed by atoms with E-state index < -0.39 is 0 Å². The summed E-state index contributed by atoms with van der Waals surface area (Å²) in [5, 5.41) is 12.0. The highest BCUT2D eigenvalue weighted by Gasteiger charge is 2.25. The zero-order chi connectivity index (χ0) is 27.8. The number of amides is 1. The highest BCUT2D eigenvalue weighted by atomic mass is 16.5. The molecule has 1 aromatic carbocycles. The van der Waals surface area contributed by atoms with Crippen molar-refractivity contribution >= 4 is 34.3 Å². The van der Waals surface area contributed by atoms with Gasteiger partial charge in [-0.1, -0.05) is 0 Å². The molecule has 5 aromatic rings. The first-order valence-electron chi connectivity index (χ1n) is 13.0. The van der Waals surface area contributed by atoms with Gasteiger partial charge >= 0.3 is 0 Å². The molecule has 3 N–H and O–H groups in total. The number of allylic oxidation sites excluding steroid dienone is 1. The Morgan fingerprint density at radius 1 is 0.950 bits per heavy atom. The van der Waals surface area contributed by atoms with Crippen molar-refractivity contribution in [1.29, 1.82) is 0 Å². The average molecular weight is 539 g/mol. The van der Waals surface area contributed by atoms with Gasteiger partial charge in [0.25, 0.3) is 5.91 Å². The predicted molar refractivity (Wildman–Crippen MR) is 152 cm³/mol. The van der Waals surface area contributed by atoms with Crippen LogP contribution in [0.5, 0.6) is 11.5 Å². The molecule has 0 radical (unpaired) electrons. The summed E-state index contributed by atoms with van der Waals surface area (Å²) in [6.45, 7) is 8.15. The van der Waals surface area contributed by atoms with E-state index in [9.17, 15) is 4.79 Å². The number of pyridine rings is 1. The van der Waals surface area contributed by atoms with E-state index in [4.69, 9.17) is 10.5 Å². The summed E-state index contributed by atoms with van der Waals surface area (Å²) < 4.78 is 9.62. The monoisotopic (exact) mass is 538 g/mol. The second kappa shape index (κ2) is 10.2. The molecule has 0 spiro atoms. The van der Waals surface area contributed by atoms with Crippen molar-refractivity contribution in [2.24, 2.45) is 5.73 Å². The van der Waals surface area contributed by atoms with E-state index in [1.54, 1.807) is 18.4 Å². The lowest BCUT2D eigenvalue weighted by Crippen LogP contribution is -2.49. The summed E-state index contributed by atoms with van der Waals surface area (Å²) in [7, 11) is 0. The van der Waals surface area contributed by atoms with Gasteiger partial charge in [0.05, 0.1) is 5.69 Å². The highest BCUT2D eigenvalue weighted by Crippen LogP contribution is 2.32. The van der Waals surface area contributed by atoms with E-state index in [1.165, 1.54) is 12.7 Å². The molecule has 0 aliphatic carbocycles. The summed E-state index contributed by atoms with van der Waals surface area (Å²) in [5.41, 5.74) is 11.4. The topological polar surface area (TPSA) is 131 Å². The third-order valence-corrected chi connectivity index (χ3v) is 7.17. The van der Waals surface area contributed by atoms with Crippen LogP contribution in [0.4, 0.5) is 17.2 Å². The number of hydrogen-bond donors (Lipinski definition) is 2. The maximum Gasteiger partial charge on any atom is 0.251 e. The van der Waals surface area contributed by atoms with E-state index in [1.807, 2.05) is 65.1 Å². The molecule has 0 unspecified atom stereocenters. The molecule has 1 aliphatic heterocycles. The molecule has 12 heteroatoms. The number of piperazine rings is 1. The molecule has 5 heterocycles. The minimum Gasteiger partial charge on any atom is -0.457 e. The number of nitrogens with zero attached hydrogens (tertiary/aromatic N) is 8. The Labute approximate surface area is 230 Å². The zero-order valence-electron chi connectivity index (χ0n) is 22.6. The van der Waals surface area contributed by atoms with Crippen LogP contribution in [0, 0.1) is 6.92 Å². The van der Waals surface area contributed by atoms with Crippen LogP contribution in [-0.4, -0.2) is 66.2 Å². The van der Waals surface area contributed by atoms with Crippen molar-refractivity contribution in [3.05, 3.63) is 78.3 Å². The normalized spacial score (nSPS) is 14.5. The minimum atomic E-state index is -0.00560. The van der Waals surface area contributed by atoms with Crippen molar-refractivity contribution in [3.63, 3.8) is 0 Å². The van der Waals surface area contributed by atoms with Crippen LogP contribution in [0.2, 0.25) is 0 Å². The fourth-order valence-corrected chi connectivity index (χ4v) is 4.81. The maximum absolute atomic E-state index is 12.7. The number of aromatic nitrogens is 6. The number of aryl methyl sites for hydroxylation is 1. The Bertz CT molecular complexity index is 1740. The first-order chi connectivity index (χ1) is 19.4. The number of nitrogens with one attached hydrogen (secondary N) is 1. The van der Waals surface area contributed by atoms with Gasteiger partial charge in [0, 0.05) is 61.6 Å². The van der Waals surface area contributed by atoms with Crippen LogP contribution in [0.15, 0.2) is 72.7 Å². The Balaban J connectivity index is 1.20. The minimum absolute atomic E-state index is 0.00560. The number of carbonyl (C=O) groups excluding carboxylic acids is 1. The molecular formula is C28H30N10O2. The number of fused-ring (bicyclic) bond motifs is 2. The van der Waals surface area contributed by atoms with Crippen molar-refractivity contribution in [1.82, 2.24) is 34.1 Å². The molecule has 6 rings (SSSR count). The highest BCUT2D eigenvalue weighted by molar-refractivity contribution is 5.94. The van der Waals surface area contributed by atoms with Crippen molar-refractivity contribution in [2.75, 3.05) is 36.4 Å². The predicted octanol–water partition coefficient (Wildman–Crippen LogP) is 3.52. The molecule has 1 amide bonds. The van der Waals surface area contributed by atoms with Crippen LogP contribution in [0.3, 0.4) is 0 Å². The lowest BCUT2D eigenvalue weighted by Gasteiger charge is -2.36. The molecule has 12 nitrogen and oxygen atoms in total. The van der Waals surface area contributed by atoms with E-state index in [0.717, 1.165) is 33.9 Å². The third-order valence-electron chi connectivity index (χ3n) is 7.17. The lowest BCUT2D eigenvalue weighted by molar-refractivity contribution is -0.127. The summed E-state index contributed by atoms with van der Waals surface area (Å²) in [4.78, 5) is 25.6. The van der Waals surface area contributed by atoms with Gasteiger partial charge in [-0.3, -0.25) is 4.79 Å². The van der Waals surface area contributed by atoms with Crippen LogP contribution in [-0.2, 0) is 4.79 Å². The molecule has 0 bridgehead atoms. The number of nitrogens with two attached hydrogens (primary N) is 1. The molecule has 1 aliphatic rings. The maximum atomic E-state index is 12.7. The summed E-state index contributed by atoms with van der Waals surface area (Å²) >= 11 is 0. The van der Waals surface area contributed by atoms with Gasteiger partial charge in [-0.05, 0) is 56.7 Å². The van der Waals surface area contributed by atoms with Gasteiger partial charge in [0.15, 0.2) is 11.5 Å². The average Bonchev–Trinajstić information content (AvgIpc) is 3.61. The van der Waals surface area contributed by atoms with Crippen molar-refractivity contribution in [2.45, 2.75) is 20.8 Å². The van der Waals surface area contributed by atoms with Crippen LogP contribution >= 0.6 is 0 Å². The number of anilines is 3. The Morgan fingerprint density at radius 2 is 1.70 bits per heavy atom. The summed E-state index contributed by atoms with van der Waals surface area (Å²) in [6.07, 6.45) is 6.78. The van der Waals surface area contributed by atoms with Gasteiger partial charge in [0.2, 0.25) is 0 Å². The molecule has 1 fully saturated rings. The number of rotatable bonds is 6. The SMILES string of the molecule is C/C(N)=C(\C)C(=O)N1CCN(c2ccn3ncnc(Nc4ccc(Oc5ccn6ncnc6c5)c(C)c4)c23)CC1. The second-order valence-corrected chi connectivity index (χ2v) is 9.82. The van der Waals surface area contributed by atoms with E-state index >= 15 is 0 Å². The molecule has 40 heavy (non-hydrogen) atoms. The Morgan fingerprint density at radius 3 is 2.48 bits per heavy atom. The van der Waals surface area contributed by atoms with Gasteiger partial charge < -0.3 is 25.6 Å². The largest absolute Gasteiger partial charge is 0.457 e. The van der Waals surface area contributed by atoms with Crippen LogP contribution in [0.1, 0.15) is 19.4 Å². The van der Waals surface area contributed by atoms with E-state index in [0.29, 0.717) is 49.0 Å². The number of benzene rings is 1. The molecule has 0 atom stereocenters. The summed E-state index contributed by atoms with van der Waals surface area (Å²) in [6, 6.07) is 11.6.